The third-order valence-electron chi connectivity index (χ3n) is 11.8. The number of hydrogen-bond acceptors (Lipinski definition) is 7. The second-order valence-electron chi connectivity index (χ2n) is 18.2. The number of ether oxygens (including phenoxy) is 1. The molecule has 11 heteroatoms. The molecule has 1 saturated heterocycles. The Morgan fingerprint density at radius 1 is 0.914 bits per heavy atom. The normalized spacial score (nSPS) is 17.8. The molecule has 0 aromatic heterocycles. The Bertz CT molecular complexity index is 1590. The van der Waals surface area contributed by atoms with Crippen molar-refractivity contribution in [2.75, 3.05) is 41.3 Å². The number of methoxy groups -OCH3 is 1. The highest BCUT2D eigenvalue weighted by Crippen LogP contribution is 2.36. The zero-order valence-corrected chi connectivity index (χ0v) is 38.7. The minimum absolute atomic E-state index is 0.00809. The molecular weight excluding hydrogens is 747 g/mol. The van der Waals surface area contributed by atoms with Crippen LogP contribution in [0.4, 0.5) is 0 Å². The van der Waals surface area contributed by atoms with Gasteiger partial charge in [-0.15, -0.1) is 11.8 Å². The van der Waals surface area contributed by atoms with E-state index in [9.17, 15) is 19.2 Å². The van der Waals surface area contributed by atoms with Crippen molar-refractivity contribution in [2.24, 2.45) is 17.8 Å². The fourth-order valence-electron chi connectivity index (χ4n) is 8.32. The van der Waals surface area contributed by atoms with E-state index in [4.69, 9.17) is 4.74 Å². The Morgan fingerprint density at radius 3 is 2.09 bits per heavy atom. The summed E-state index contributed by atoms with van der Waals surface area (Å²) in [6.45, 7) is 19.8. The van der Waals surface area contributed by atoms with Crippen molar-refractivity contribution in [3.63, 3.8) is 0 Å². The molecule has 1 aliphatic heterocycles. The third-order valence-corrected chi connectivity index (χ3v) is 13.1. The van der Waals surface area contributed by atoms with E-state index < -0.39 is 18.2 Å². The first kappa shape index (κ1) is 49.0. The number of nitrogens with zero attached hydrogens (tertiary/aromatic N) is 3. The van der Waals surface area contributed by atoms with Crippen LogP contribution in [0.3, 0.4) is 0 Å². The summed E-state index contributed by atoms with van der Waals surface area (Å²) < 4.78 is 6.13. The smallest absolute Gasteiger partial charge is 0.245 e. The Kier molecular flexibility index (Phi) is 19.3. The van der Waals surface area contributed by atoms with Crippen LogP contribution in [0.15, 0.2) is 59.5 Å². The number of carbonyl (C=O) groups is 4. The maximum atomic E-state index is 14.5. The van der Waals surface area contributed by atoms with E-state index >= 15 is 0 Å². The van der Waals surface area contributed by atoms with E-state index in [-0.39, 0.29) is 77.0 Å². The molecule has 2 N–H and O–H groups in total. The zero-order chi connectivity index (χ0) is 43.3. The second-order valence-corrected chi connectivity index (χ2v) is 19.5. The van der Waals surface area contributed by atoms with Crippen LogP contribution in [-0.2, 0) is 35.8 Å². The van der Waals surface area contributed by atoms with E-state index in [0.717, 1.165) is 30.6 Å². The molecule has 58 heavy (non-hydrogen) atoms. The van der Waals surface area contributed by atoms with Crippen LogP contribution in [-0.4, -0.2) is 115 Å². The summed E-state index contributed by atoms with van der Waals surface area (Å²) in [6, 6.07) is 17.0. The molecule has 0 spiro atoms. The van der Waals surface area contributed by atoms with Gasteiger partial charge in [0.25, 0.3) is 0 Å². The van der Waals surface area contributed by atoms with Gasteiger partial charge >= 0.3 is 0 Å². The van der Waals surface area contributed by atoms with E-state index in [1.165, 1.54) is 11.1 Å². The highest BCUT2D eigenvalue weighted by Gasteiger charge is 2.42. The molecule has 7 atom stereocenters. The molecule has 2 aromatic rings. The Labute approximate surface area is 355 Å². The average molecular weight is 822 g/mol. The Hall–Kier alpha value is -3.41. The number of rotatable bonds is 21. The van der Waals surface area contributed by atoms with E-state index in [2.05, 4.69) is 81.7 Å². The first-order valence-electron chi connectivity index (χ1n) is 21.4. The molecule has 0 saturated carbocycles. The maximum absolute atomic E-state index is 14.5. The van der Waals surface area contributed by atoms with Gasteiger partial charge in [-0.05, 0) is 79.8 Å². The van der Waals surface area contributed by atoms with Gasteiger partial charge in [-0.1, -0.05) is 111 Å². The van der Waals surface area contributed by atoms with Crippen molar-refractivity contribution in [3.05, 3.63) is 65.7 Å². The molecule has 0 aliphatic carbocycles. The largest absolute Gasteiger partial charge is 0.379 e. The summed E-state index contributed by atoms with van der Waals surface area (Å²) in [5.74, 6) is -0.535. The molecule has 1 fully saturated rings. The number of likely N-dealkylation sites (tertiary alicyclic amines) is 1. The molecule has 324 valence electrons. The zero-order valence-electron chi connectivity index (χ0n) is 37.8. The number of hydrogen-bond donors (Lipinski definition) is 2. The van der Waals surface area contributed by atoms with E-state index in [1.807, 2.05) is 69.8 Å². The van der Waals surface area contributed by atoms with Crippen LogP contribution in [0, 0.1) is 17.8 Å². The van der Waals surface area contributed by atoms with Crippen LogP contribution in [0.2, 0.25) is 0 Å². The molecule has 10 nitrogen and oxygen atoms in total. The van der Waals surface area contributed by atoms with Crippen LogP contribution in [0.5, 0.6) is 0 Å². The monoisotopic (exact) mass is 822 g/mol. The summed E-state index contributed by atoms with van der Waals surface area (Å²) in [7, 11) is 7.13. The SMILES string of the molecule is CCC(C)C(C(CC(=O)N1CCCC1C(CC(=O)NCCc1ccccc1)Sc1ccc(C(C)(C)C)cc1)OC)N(C)C(=O)C(NC(=O)C(C(C)C)N(C)C)C(C)C. The van der Waals surface area contributed by atoms with Gasteiger partial charge in [-0.25, -0.2) is 0 Å². The molecule has 1 heterocycles. The van der Waals surface area contributed by atoms with Crippen LogP contribution >= 0.6 is 11.8 Å². The molecule has 1 aliphatic rings. The van der Waals surface area contributed by atoms with Crippen molar-refractivity contribution in [2.45, 2.75) is 147 Å². The first-order chi connectivity index (χ1) is 27.3. The fourth-order valence-corrected chi connectivity index (χ4v) is 9.64. The minimum Gasteiger partial charge on any atom is -0.379 e. The highest BCUT2D eigenvalue weighted by molar-refractivity contribution is 8.00. The van der Waals surface area contributed by atoms with Gasteiger partial charge in [-0.2, -0.15) is 0 Å². The van der Waals surface area contributed by atoms with Gasteiger partial charge in [0.05, 0.1) is 24.6 Å². The molecular formula is C47H75N5O5S. The van der Waals surface area contributed by atoms with Gasteiger partial charge in [0.15, 0.2) is 0 Å². The fraction of sp³-hybridized carbons (Fsp3) is 0.660. The summed E-state index contributed by atoms with van der Waals surface area (Å²) in [5.41, 5.74) is 2.43. The van der Waals surface area contributed by atoms with Crippen LogP contribution in [0.25, 0.3) is 0 Å². The Morgan fingerprint density at radius 2 is 1.55 bits per heavy atom. The summed E-state index contributed by atoms with van der Waals surface area (Å²) in [6.07, 6.45) is 2.95. The summed E-state index contributed by atoms with van der Waals surface area (Å²) in [5, 5.41) is 6.06. The quantitative estimate of drug-likeness (QED) is 0.128. The molecule has 0 bridgehead atoms. The second kappa shape index (κ2) is 22.8. The van der Waals surface area contributed by atoms with Gasteiger partial charge in [0, 0.05) is 49.9 Å². The molecule has 2 aromatic carbocycles. The topological polar surface area (TPSA) is 111 Å². The lowest BCUT2D eigenvalue weighted by molar-refractivity contribution is -0.146. The summed E-state index contributed by atoms with van der Waals surface area (Å²) >= 11 is 1.67. The average Bonchev–Trinajstić information content (AvgIpc) is 3.66. The lowest BCUT2D eigenvalue weighted by Crippen LogP contribution is -2.59. The van der Waals surface area contributed by atoms with Gasteiger partial charge in [0.1, 0.15) is 6.04 Å². The van der Waals surface area contributed by atoms with Crippen LogP contribution in [0.1, 0.15) is 106 Å². The summed E-state index contributed by atoms with van der Waals surface area (Å²) in [4.78, 5) is 62.6. The number of amides is 4. The molecule has 0 radical (unpaired) electrons. The van der Waals surface area contributed by atoms with Crippen molar-refractivity contribution in [1.29, 1.82) is 0 Å². The van der Waals surface area contributed by atoms with Crippen molar-refractivity contribution in [1.82, 2.24) is 25.3 Å². The number of carbonyl (C=O) groups excluding carboxylic acids is 4. The van der Waals surface area contributed by atoms with Gasteiger partial charge < -0.3 is 25.2 Å². The van der Waals surface area contributed by atoms with Gasteiger partial charge in [0.2, 0.25) is 23.6 Å². The molecule has 3 rings (SSSR count). The minimum atomic E-state index is -0.740. The van der Waals surface area contributed by atoms with Crippen molar-refractivity contribution < 1.29 is 23.9 Å². The number of thioether (sulfide) groups is 1. The Balaban J connectivity index is 1.85. The van der Waals surface area contributed by atoms with Crippen molar-refractivity contribution >= 4 is 35.4 Å². The molecule has 4 amide bonds. The van der Waals surface area contributed by atoms with E-state index in [1.54, 1.807) is 30.8 Å². The first-order valence-corrected chi connectivity index (χ1v) is 22.3. The number of nitrogens with one attached hydrogen (secondary N) is 2. The predicted octanol–water partition coefficient (Wildman–Crippen LogP) is 7.19. The van der Waals surface area contributed by atoms with Gasteiger partial charge in [-0.3, -0.25) is 24.1 Å². The molecule has 7 unspecified atom stereocenters. The standard InChI is InChI=1S/C47H75N5O5S/c1-14-33(6)44(51(12)46(56)42(31(2)3)49-45(55)43(32(4)5)50(10)11)38(57-13)29-41(54)52-28-18-21-37(52)39(58-36-24-22-35(23-25-36)47(7,8)9)30-40(53)48-27-26-34-19-16-15-17-20-34/h15-17,19-20,22-25,31-33,37-39,42-44H,14,18,21,26-30H2,1-13H3,(H,48,53)(H,49,55). The van der Waals surface area contributed by atoms with Crippen LogP contribution < -0.4 is 10.6 Å². The predicted molar refractivity (Wildman–Crippen MR) is 238 cm³/mol. The maximum Gasteiger partial charge on any atom is 0.245 e. The van der Waals surface area contributed by atoms with E-state index in [0.29, 0.717) is 13.1 Å². The van der Waals surface area contributed by atoms with Crippen molar-refractivity contribution in [3.8, 4) is 0 Å². The highest BCUT2D eigenvalue weighted by atomic mass is 32.2. The number of benzene rings is 2. The number of likely N-dealkylation sites (N-methyl/N-ethyl adjacent to an activating group) is 2. The lowest BCUT2D eigenvalue weighted by Gasteiger charge is -2.41. The lowest BCUT2D eigenvalue weighted by atomic mass is 9.87. The third kappa shape index (κ3) is 13.8.